The summed E-state index contributed by atoms with van der Waals surface area (Å²) in [5, 5.41) is 20.5. The third kappa shape index (κ3) is 9.88. The van der Waals surface area contributed by atoms with Gasteiger partial charge in [-0.15, -0.1) is 0 Å². The standard InChI is InChI=1S/C34H50N6O4/c1-23-19-36-31(18-28(23)29-8-7-9-30(40-29)37-22-34(21-35)14-16-42-17-15-34)39-27-12-10-26(11-13-27)38-24(2)20-43-25(3)32(41)44-33(4,5)6/h7-9,18-19,24-27,38H,10-17,20,22H2,1-6H3,(H,36,39)(H,37,40)/t24-,25+,26?,27?/m1/s1. The molecule has 2 aliphatic rings. The zero-order valence-corrected chi connectivity index (χ0v) is 27.2. The Morgan fingerprint density at radius 3 is 2.52 bits per heavy atom. The maximum atomic E-state index is 12.2. The molecule has 2 fully saturated rings. The molecule has 240 valence electrons. The number of aromatic nitrogens is 2. The lowest BCUT2D eigenvalue weighted by atomic mass is 9.82. The van der Waals surface area contributed by atoms with Crippen molar-refractivity contribution in [2.75, 3.05) is 37.0 Å². The van der Waals surface area contributed by atoms with Gasteiger partial charge in [-0.2, -0.15) is 5.26 Å². The number of pyridine rings is 2. The molecule has 3 heterocycles. The molecule has 0 amide bonds. The molecule has 0 radical (unpaired) electrons. The Bertz CT molecular complexity index is 1280. The van der Waals surface area contributed by atoms with Crippen LogP contribution in [0.1, 0.15) is 78.7 Å². The van der Waals surface area contributed by atoms with Gasteiger partial charge >= 0.3 is 5.97 Å². The number of hydrogen-bond acceptors (Lipinski definition) is 10. The van der Waals surface area contributed by atoms with Crippen molar-refractivity contribution in [3.63, 3.8) is 0 Å². The van der Waals surface area contributed by atoms with E-state index in [1.807, 2.05) is 45.2 Å². The molecule has 1 aliphatic heterocycles. The first-order chi connectivity index (χ1) is 20.9. The molecule has 44 heavy (non-hydrogen) atoms. The summed E-state index contributed by atoms with van der Waals surface area (Å²) in [6.45, 7) is 13.7. The van der Waals surface area contributed by atoms with E-state index in [4.69, 9.17) is 19.2 Å². The van der Waals surface area contributed by atoms with Crippen LogP contribution >= 0.6 is 0 Å². The quantitative estimate of drug-likeness (QED) is 0.261. The summed E-state index contributed by atoms with van der Waals surface area (Å²) in [5.74, 6) is 1.29. The van der Waals surface area contributed by atoms with Gasteiger partial charge in [0.25, 0.3) is 0 Å². The molecular weight excluding hydrogens is 556 g/mol. The van der Waals surface area contributed by atoms with E-state index in [0.717, 1.165) is 67.0 Å². The van der Waals surface area contributed by atoms with Crippen molar-refractivity contribution in [3.8, 4) is 17.3 Å². The van der Waals surface area contributed by atoms with E-state index in [9.17, 15) is 10.1 Å². The van der Waals surface area contributed by atoms with Crippen LogP contribution in [0.4, 0.5) is 11.6 Å². The van der Waals surface area contributed by atoms with Gasteiger partial charge in [-0.25, -0.2) is 14.8 Å². The van der Waals surface area contributed by atoms with E-state index in [0.29, 0.717) is 38.4 Å². The van der Waals surface area contributed by atoms with Crippen LogP contribution < -0.4 is 16.0 Å². The molecule has 1 saturated carbocycles. The molecule has 2 aromatic rings. The molecule has 10 heteroatoms. The summed E-state index contributed by atoms with van der Waals surface area (Å²) in [5.41, 5.74) is 2.04. The van der Waals surface area contributed by atoms with Gasteiger partial charge in [0.2, 0.25) is 0 Å². The van der Waals surface area contributed by atoms with Crippen molar-refractivity contribution >= 4 is 17.6 Å². The lowest BCUT2D eigenvalue weighted by molar-refractivity contribution is -0.167. The predicted octanol–water partition coefficient (Wildman–Crippen LogP) is 5.63. The summed E-state index contributed by atoms with van der Waals surface area (Å²) in [6, 6.07) is 11.4. The monoisotopic (exact) mass is 606 g/mol. The maximum absolute atomic E-state index is 12.2. The SMILES string of the molecule is Cc1cnc(NC2CCC(N[C@H](C)CO[C@@H](C)C(=O)OC(C)(C)C)CC2)cc1-c1cccc(NCC2(C#N)CCOCC2)n1. The molecule has 0 aromatic carbocycles. The average Bonchev–Trinajstić information content (AvgIpc) is 3.00. The Labute approximate surface area is 262 Å². The Balaban J connectivity index is 1.26. The second-order valence-electron chi connectivity index (χ2n) is 13.4. The highest BCUT2D eigenvalue weighted by atomic mass is 16.6. The zero-order chi connectivity index (χ0) is 31.7. The molecule has 10 nitrogen and oxygen atoms in total. The van der Waals surface area contributed by atoms with Crippen LogP contribution in [-0.4, -0.2) is 72.1 Å². The number of esters is 1. The van der Waals surface area contributed by atoms with Crippen LogP contribution in [0.25, 0.3) is 11.3 Å². The lowest BCUT2D eigenvalue weighted by Gasteiger charge is -2.32. The zero-order valence-electron chi connectivity index (χ0n) is 27.2. The van der Waals surface area contributed by atoms with Gasteiger partial charge in [-0.05, 0) is 104 Å². The normalized spacial score (nSPS) is 21.5. The van der Waals surface area contributed by atoms with Gasteiger partial charge in [-0.3, -0.25) is 0 Å². The van der Waals surface area contributed by atoms with E-state index in [1.54, 1.807) is 6.92 Å². The topological polar surface area (TPSA) is 130 Å². The van der Waals surface area contributed by atoms with Crippen LogP contribution in [0.2, 0.25) is 0 Å². The second-order valence-corrected chi connectivity index (χ2v) is 13.4. The van der Waals surface area contributed by atoms with Crippen molar-refractivity contribution in [1.29, 1.82) is 5.26 Å². The number of hydrogen-bond donors (Lipinski definition) is 3. The van der Waals surface area contributed by atoms with Crippen LogP contribution in [0.5, 0.6) is 0 Å². The number of carbonyl (C=O) groups excluding carboxylic acids is 1. The molecule has 1 saturated heterocycles. The first kappa shape index (κ1) is 33.6. The molecule has 0 bridgehead atoms. The molecule has 2 aromatic heterocycles. The molecule has 3 N–H and O–H groups in total. The lowest BCUT2D eigenvalue weighted by Crippen LogP contribution is -2.44. The Kier molecular flexibility index (Phi) is 11.6. The number of carbonyl (C=O) groups is 1. The van der Waals surface area contributed by atoms with Crippen molar-refractivity contribution in [3.05, 3.63) is 36.0 Å². The first-order valence-corrected chi connectivity index (χ1v) is 16.0. The van der Waals surface area contributed by atoms with E-state index >= 15 is 0 Å². The van der Waals surface area contributed by atoms with Crippen LogP contribution in [-0.2, 0) is 19.0 Å². The molecule has 0 spiro atoms. The van der Waals surface area contributed by atoms with Gasteiger partial charge in [0.1, 0.15) is 17.2 Å². The molecule has 2 atom stereocenters. The van der Waals surface area contributed by atoms with E-state index in [2.05, 4.69) is 46.9 Å². The number of anilines is 2. The fraction of sp³-hybridized carbons (Fsp3) is 0.647. The number of nitriles is 1. The highest BCUT2D eigenvalue weighted by Gasteiger charge is 2.32. The maximum Gasteiger partial charge on any atom is 0.335 e. The smallest absolute Gasteiger partial charge is 0.335 e. The number of nitrogens with zero attached hydrogens (tertiary/aromatic N) is 3. The van der Waals surface area contributed by atoms with Gasteiger partial charge in [0, 0.05) is 49.6 Å². The van der Waals surface area contributed by atoms with E-state index in [-0.39, 0.29) is 12.0 Å². The number of aryl methyl sites for hydroxylation is 1. The first-order valence-electron chi connectivity index (χ1n) is 16.0. The van der Waals surface area contributed by atoms with Crippen molar-refractivity contribution < 1.29 is 19.0 Å². The van der Waals surface area contributed by atoms with E-state index in [1.165, 1.54) is 0 Å². The summed E-state index contributed by atoms with van der Waals surface area (Å²) < 4.78 is 16.7. The summed E-state index contributed by atoms with van der Waals surface area (Å²) in [6.07, 6.45) is 6.94. The number of nitrogens with one attached hydrogen (secondary N) is 3. The highest BCUT2D eigenvalue weighted by Crippen LogP contribution is 2.31. The minimum atomic E-state index is -0.591. The van der Waals surface area contributed by atoms with Crippen molar-refractivity contribution in [2.45, 2.75) is 110 Å². The Hall–Kier alpha value is -3.26. The minimum Gasteiger partial charge on any atom is -0.458 e. The minimum absolute atomic E-state index is 0.135. The average molecular weight is 607 g/mol. The second kappa shape index (κ2) is 15.2. The van der Waals surface area contributed by atoms with Crippen molar-refractivity contribution in [1.82, 2.24) is 15.3 Å². The predicted molar refractivity (Wildman–Crippen MR) is 172 cm³/mol. The molecule has 4 rings (SSSR count). The van der Waals surface area contributed by atoms with Gasteiger partial charge in [-0.1, -0.05) is 6.07 Å². The van der Waals surface area contributed by atoms with Crippen molar-refractivity contribution in [2.24, 2.45) is 5.41 Å². The largest absolute Gasteiger partial charge is 0.458 e. The fourth-order valence-electron chi connectivity index (χ4n) is 5.72. The van der Waals surface area contributed by atoms with Crippen LogP contribution in [0.15, 0.2) is 30.5 Å². The van der Waals surface area contributed by atoms with Crippen LogP contribution in [0, 0.1) is 23.7 Å². The number of ether oxygens (including phenoxy) is 3. The van der Waals surface area contributed by atoms with Gasteiger partial charge in [0.05, 0.1) is 23.8 Å². The molecule has 0 unspecified atom stereocenters. The molecular formula is C34H50N6O4. The summed E-state index contributed by atoms with van der Waals surface area (Å²) >= 11 is 0. The highest BCUT2D eigenvalue weighted by molar-refractivity contribution is 5.74. The third-order valence-corrected chi connectivity index (χ3v) is 8.36. The molecule has 1 aliphatic carbocycles. The third-order valence-electron chi connectivity index (χ3n) is 8.36. The van der Waals surface area contributed by atoms with Crippen LogP contribution in [0.3, 0.4) is 0 Å². The number of rotatable bonds is 12. The van der Waals surface area contributed by atoms with Gasteiger partial charge in [0.15, 0.2) is 6.10 Å². The van der Waals surface area contributed by atoms with Gasteiger partial charge < -0.3 is 30.2 Å². The van der Waals surface area contributed by atoms with E-state index < -0.39 is 17.1 Å². The Morgan fingerprint density at radius 1 is 1.14 bits per heavy atom. The fourth-order valence-corrected chi connectivity index (χ4v) is 5.72. The Morgan fingerprint density at radius 2 is 1.84 bits per heavy atom. The summed E-state index contributed by atoms with van der Waals surface area (Å²) in [7, 11) is 0. The summed E-state index contributed by atoms with van der Waals surface area (Å²) in [4.78, 5) is 21.7.